The molecular formula is C16H25N3O. The average molecular weight is 275 g/mol. The second-order valence-electron chi connectivity index (χ2n) is 6.26. The summed E-state index contributed by atoms with van der Waals surface area (Å²) >= 11 is 0. The quantitative estimate of drug-likeness (QED) is 0.897. The largest absolute Gasteiger partial charge is 0.370 e. The molecule has 0 spiro atoms. The van der Waals surface area contributed by atoms with Gasteiger partial charge in [-0.25, -0.2) is 9.97 Å². The van der Waals surface area contributed by atoms with Gasteiger partial charge in [0.25, 0.3) is 0 Å². The molecule has 110 valence electrons. The highest BCUT2D eigenvalue weighted by Gasteiger charge is 2.39. The fourth-order valence-electron chi connectivity index (χ4n) is 3.20. The van der Waals surface area contributed by atoms with Gasteiger partial charge in [-0.2, -0.15) is 0 Å². The zero-order chi connectivity index (χ0) is 14.2. The average Bonchev–Trinajstić information content (AvgIpc) is 3.13. The molecule has 0 atom stereocenters. The number of nitrogens with zero attached hydrogens (tertiary/aromatic N) is 2. The van der Waals surface area contributed by atoms with E-state index >= 15 is 0 Å². The molecule has 2 fully saturated rings. The lowest BCUT2D eigenvalue weighted by molar-refractivity contribution is -0.0166. The molecule has 1 aromatic heterocycles. The molecular weight excluding hydrogens is 250 g/mol. The summed E-state index contributed by atoms with van der Waals surface area (Å²) in [5, 5.41) is 3.56. The van der Waals surface area contributed by atoms with Gasteiger partial charge in [-0.1, -0.05) is 0 Å². The van der Waals surface area contributed by atoms with E-state index in [0.29, 0.717) is 6.04 Å². The number of hydrogen-bond acceptors (Lipinski definition) is 4. The van der Waals surface area contributed by atoms with Crippen LogP contribution in [-0.4, -0.2) is 23.1 Å². The van der Waals surface area contributed by atoms with E-state index in [0.717, 1.165) is 36.6 Å². The number of rotatable bonds is 5. The summed E-state index contributed by atoms with van der Waals surface area (Å²) in [5.41, 5.74) is 3.22. The third-order valence-electron chi connectivity index (χ3n) is 4.78. The third-order valence-corrected chi connectivity index (χ3v) is 4.78. The molecule has 0 aliphatic heterocycles. The zero-order valence-corrected chi connectivity index (χ0v) is 12.8. The standard InChI is InChI=1S/C16H25N3O/c1-11-14(10-17-13-6-7-13)12(2)19-15(18-11)16(20-3)8-4-5-9-16/h13,17H,4-10H2,1-3H3. The molecule has 0 bridgehead atoms. The van der Waals surface area contributed by atoms with Crippen LogP contribution in [0.2, 0.25) is 0 Å². The molecule has 1 aromatic rings. The first-order valence-electron chi connectivity index (χ1n) is 7.78. The Morgan fingerprint density at radius 1 is 1.15 bits per heavy atom. The van der Waals surface area contributed by atoms with Gasteiger partial charge in [-0.3, -0.25) is 0 Å². The second-order valence-corrected chi connectivity index (χ2v) is 6.26. The Hall–Kier alpha value is -1.00. The van der Waals surface area contributed by atoms with Crippen LogP contribution in [0, 0.1) is 13.8 Å². The van der Waals surface area contributed by atoms with E-state index in [1.807, 2.05) is 0 Å². The van der Waals surface area contributed by atoms with Crippen LogP contribution in [0.1, 0.15) is 61.3 Å². The molecule has 3 rings (SSSR count). The maximum Gasteiger partial charge on any atom is 0.160 e. The molecule has 0 saturated heterocycles. The van der Waals surface area contributed by atoms with Crippen LogP contribution in [0.15, 0.2) is 0 Å². The van der Waals surface area contributed by atoms with Crippen LogP contribution in [0.25, 0.3) is 0 Å². The first kappa shape index (κ1) is 14.0. The number of ether oxygens (including phenoxy) is 1. The lowest BCUT2D eigenvalue weighted by Crippen LogP contribution is -2.29. The topological polar surface area (TPSA) is 47.0 Å². The summed E-state index contributed by atoms with van der Waals surface area (Å²) in [4.78, 5) is 9.56. The van der Waals surface area contributed by atoms with Crippen molar-refractivity contribution in [1.82, 2.24) is 15.3 Å². The van der Waals surface area contributed by atoms with Crippen LogP contribution >= 0.6 is 0 Å². The highest BCUT2D eigenvalue weighted by Crippen LogP contribution is 2.40. The number of hydrogen-bond donors (Lipinski definition) is 1. The first-order valence-corrected chi connectivity index (χ1v) is 7.78. The van der Waals surface area contributed by atoms with E-state index in [2.05, 4.69) is 19.2 Å². The van der Waals surface area contributed by atoms with Crippen LogP contribution in [0.5, 0.6) is 0 Å². The Kier molecular flexibility index (Phi) is 3.78. The van der Waals surface area contributed by atoms with Crippen molar-refractivity contribution in [1.29, 1.82) is 0 Å². The van der Waals surface area contributed by atoms with Crippen molar-refractivity contribution in [2.45, 2.75) is 70.6 Å². The van der Waals surface area contributed by atoms with Gasteiger partial charge >= 0.3 is 0 Å². The van der Waals surface area contributed by atoms with Gasteiger partial charge < -0.3 is 10.1 Å². The van der Waals surface area contributed by atoms with Gasteiger partial charge in [0.15, 0.2) is 5.82 Å². The van der Waals surface area contributed by atoms with Crippen LogP contribution in [0.4, 0.5) is 0 Å². The van der Waals surface area contributed by atoms with Crippen molar-refractivity contribution in [3.05, 3.63) is 22.8 Å². The normalized spacial score (nSPS) is 21.4. The minimum Gasteiger partial charge on any atom is -0.370 e. The van der Waals surface area contributed by atoms with Crippen LogP contribution < -0.4 is 5.32 Å². The molecule has 0 aromatic carbocycles. The molecule has 0 radical (unpaired) electrons. The van der Waals surface area contributed by atoms with Gasteiger partial charge in [0.1, 0.15) is 5.60 Å². The van der Waals surface area contributed by atoms with Gasteiger partial charge in [-0.05, 0) is 52.4 Å². The van der Waals surface area contributed by atoms with Gasteiger partial charge in [-0.15, -0.1) is 0 Å². The molecule has 1 heterocycles. The lowest BCUT2D eigenvalue weighted by Gasteiger charge is -2.27. The molecule has 2 aliphatic rings. The molecule has 4 heteroatoms. The highest BCUT2D eigenvalue weighted by atomic mass is 16.5. The molecule has 4 nitrogen and oxygen atoms in total. The summed E-state index contributed by atoms with van der Waals surface area (Å²) in [6, 6.07) is 0.716. The van der Waals surface area contributed by atoms with Gasteiger partial charge in [0, 0.05) is 36.6 Å². The van der Waals surface area contributed by atoms with E-state index in [1.165, 1.54) is 31.2 Å². The summed E-state index contributed by atoms with van der Waals surface area (Å²) in [6.07, 6.45) is 7.12. The van der Waals surface area contributed by atoms with Gasteiger partial charge in [0.2, 0.25) is 0 Å². The molecule has 2 aliphatic carbocycles. The lowest BCUT2D eigenvalue weighted by atomic mass is 10.00. The van der Waals surface area contributed by atoms with E-state index in [4.69, 9.17) is 14.7 Å². The van der Waals surface area contributed by atoms with Crippen molar-refractivity contribution in [2.75, 3.05) is 7.11 Å². The Labute approximate surface area is 121 Å². The number of methoxy groups -OCH3 is 1. The fraction of sp³-hybridized carbons (Fsp3) is 0.750. The van der Waals surface area contributed by atoms with Crippen molar-refractivity contribution in [2.24, 2.45) is 0 Å². The van der Waals surface area contributed by atoms with Crippen molar-refractivity contribution < 1.29 is 4.74 Å². The molecule has 0 amide bonds. The predicted molar refractivity (Wildman–Crippen MR) is 78.5 cm³/mol. The molecule has 2 saturated carbocycles. The van der Waals surface area contributed by atoms with Crippen molar-refractivity contribution >= 4 is 0 Å². The summed E-state index contributed by atoms with van der Waals surface area (Å²) in [6.45, 7) is 5.09. The maximum atomic E-state index is 5.80. The van der Waals surface area contributed by atoms with Crippen LogP contribution in [-0.2, 0) is 16.9 Å². The Bertz CT molecular complexity index is 467. The monoisotopic (exact) mass is 275 g/mol. The van der Waals surface area contributed by atoms with Crippen molar-refractivity contribution in [3.63, 3.8) is 0 Å². The fourth-order valence-corrected chi connectivity index (χ4v) is 3.20. The zero-order valence-electron chi connectivity index (χ0n) is 12.8. The van der Waals surface area contributed by atoms with E-state index in [9.17, 15) is 0 Å². The van der Waals surface area contributed by atoms with E-state index in [-0.39, 0.29) is 5.60 Å². The van der Waals surface area contributed by atoms with Crippen LogP contribution in [0.3, 0.4) is 0 Å². The molecule has 0 unspecified atom stereocenters. The Morgan fingerprint density at radius 2 is 1.75 bits per heavy atom. The Balaban J connectivity index is 1.85. The second kappa shape index (κ2) is 5.41. The number of aryl methyl sites for hydroxylation is 2. The van der Waals surface area contributed by atoms with Gasteiger partial charge in [0.05, 0.1) is 0 Å². The molecule has 20 heavy (non-hydrogen) atoms. The van der Waals surface area contributed by atoms with E-state index in [1.54, 1.807) is 7.11 Å². The van der Waals surface area contributed by atoms with Crippen molar-refractivity contribution in [3.8, 4) is 0 Å². The number of nitrogens with one attached hydrogen (secondary N) is 1. The van der Waals surface area contributed by atoms with E-state index < -0.39 is 0 Å². The first-order chi connectivity index (χ1) is 9.64. The summed E-state index contributed by atoms with van der Waals surface area (Å²) < 4.78 is 5.80. The molecule has 1 N–H and O–H groups in total. The predicted octanol–water partition coefficient (Wildman–Crippen LogP) is 2.76. The summed E-state index contributed by atoms with van der Waals surface area (Å²) in [5.74, 6) is 0.891. The Morgan fingerprint density at radius 3 is 2.25 bits per heavy atom. The smallest absolute Gasteiger partial charge is 0.160 e. The minimum atomic E-state index is -0.238. The third kappa shape index (κ3) is 2.59. The maximum absolute atomic E-state index is 5.80. The number of aromatic nitrogens is 2. The SMILES string of the molecule is COC1(c2nc(C)c(CNC3CC3)c(C)n2)CCCC1. The highest BCUT2D eigenvalue weighted by molar-refractivity contribution is 5.26. The minimum absolute atomic E-state index is 0.238. The summed E-state index contributed by atoms with van der Waals surface area (Å²) in [7, 11) is 1.79.